The van der Waals surface area contributed by atoms with E-state index in [1.54, 1.807) is 0 Å². The van der Waals surface area contributed by atoms with Gasteiger partial charge in [-0.25, -0.2) is 4.79 Å². The van der Waals surface area contributed by atoms with Crippen LogP contribution < -0.4 is 21.3 Å². The minimum atomic E-state index is -1.15. The Morgan fingerprint density at radius 2 is 1.12 bits per heavy atom. The molecule has 0 saturated heterocycles. The minimum absolute atomic E-state index is 0.0386. The highest BCUT2D eigenvalue weighted by Gasteiger charge is 2.32. The molecular weight excluding hydrogens is 700 g/mol. The summed E-state index contributed by atoms with van der Waals surface area (Å²) in [5.74, 6) is -3.18. The molecule has 0 aromatic heterocycles. The van der Waals surface area contributed by atoms with Crippen LogP contribution in [0.1, 0.15) is 66.2 Å². The first-order valence-electron chi connectivity index (χ1n) is 16.0. The SMILES string of the molecule is CC(C)(CC(=O)O)CC(C)(C)CC(=O)NCCOCCOCC(=O)NCCOCCOCC(=O)NC(CCCCNC(=O)CBr)C(=O)O. The lowest BCUT2D eigenvalue weighted by molar-refractivity contribution is -0.143. The number of hydrogen-bond donors (Lipinski definition) is 6. The standard InChI is InChI=1S/C31H55BrN4O12/c1-30(2,22-31(3,4)18-28(41)42)17-24(37)34-9-11-45-13-15-47-20-26(39)35-10-12-46-14-16-48-21-27(40)36-23(29(43)44)7-5-6-8-33-25(38)19-32/h23H,5-22H2,1-4H3,(H,33,38)(H,34,37)(H,35,39)(H,36,40)(H,41,42)(H,43,44). The lowest BCUT2D eigenvalue weighted by Crippen LogP contribution is -2.42. The van der Waals surface area contributed by atoms with Crippen molar-refractivity contribution < 1.29 is 57.9 Å². The number of carboxylic acids is 2. The Kier molecular flexibility index (Phi) is 24.5. The molecular formula is C31H55BrN4O12. The highest BCUT2D eigenvalue weighted by atomic mass is 79.9. The second-order valence-electron chi connectivity index (χ2n) is 12.7. The maximum Gasteiger partial charge on any atom is 0.326 e. The molecule has 0 aromatic rings. The first kappa shape index (κ1) is 45.1. The van der Waals surface area contributed by atoms with Crippen LogP contribution in [0.15, 0.2) is 0 Å². The Hall–Kier alpha value is -2.86. The first-order valence-corrected chi connectivity index (χ1v) is 17.1. The average Bonchev–Trinajstić information content (AvgIpc) is 2.97. The Morgan fingerprint density at radius 3 is 1.67 bits per heavy atom. The van der Waals surface area contributed by atoms with E-state index in [2.05, 4.69) is 37.2 Å². The molecule has 1 atom stereocenters. The second kappa shape index (κ2) is 26.1. The fourth-order valence-electron chi connectivity index (χ4n) is 4.91. The number of carboxylic acid groups (broad SMARTS) is 2. The van der Waals surface area contributed by atoms with Crippen molar-refractivity contribution in [3.05, 3.63) is 0 Å². The van der Waals surface area contributed by atoms with Gasteiger partial charge in [-0.2, -0.15) is 0 Å². The van der Waals surface area contributed by atoms with Crippen molar-refractivity contribution >= 4 is 51.5 Å². The van der Waals surface area contributed by atoms with Gasteiger partial charge in [0.15, 0.2) is 0 Å². The number of carbonyl (C=O) groups excluding carboxylic acids is 4. The number of alkyl halides is 1. The number of nitrogens with one attached hydrogen (secondary N) is 4. The minimum Gasteiger partial charge on any atom is -0.481 e. The van der Waals surface area contributed by atoms with Gasteiger partial charge in [-0.1, -0.05) is 43.6 Å². The van der Waals surface area contributed by atoms with Gasteiger partial charge in [0.25, 0.3) is 0 Å². The number of aliphatic carboxylic acids is 2. The highest BCUT2D eigenvalue weighted by Crippen LogP contribution is 2.38. The van der Waals surface area contributed by atoms with Crippen molar-refractivity contribution in [2.24, 2.45) is 10.8 Å². The van der Waals surface area contributed by atoms with Crippen LogP contribution in [0.25, 0.3) is 0 Å². The zero-order valence-corrected chi connectivity index (χ0v) is 30.2. The number of rotatable bonds is 30. The number of amides is 4. The first-order chi connectivity index (χ1) is 22.6. The summed E-state index contributed by atoms with van der Waals surface area (Å²) in [6.07, 6.45) is 2.21. The topological polar surface area (TPSA) is 228 Å². The van der Waals surface area contributed by atoms with Crippen molar-refractivity contribution in [2.45, 2.75) is 72.3 Å². The third kappa shape index (κ3) is 27.1. The summed E-state index contributed by atoms with van der Waals surface area (Å²) in [6, 6.07) is -1.05. The summed E-state index contributed by atoms with van der Waals surface area (Å²) < 4.78 is 21.2. The van der Waals surface area contributed by atoms with Crippen LogP contribution in [0.5, 0.6) is 0 Å². The molecule has 4 amide bonds. The third-order valence-electron chi connectivity index (χ3n) is 6.57. The van der Waals surface area contributed by atoms with E-state index < -0.39 is 29.3 Å². The van der Waals surface area contributed by atoms with Crippen LogP contribution in [-0.4, -0.2) is 130 Å². The van der Waals surface area contributed by atoms with Gasteiger partial charge in [-0.05, 0) is 36.5 Å². The largest absolute Gasteiger partial charge is 0.481 e. The number of hydrogen-bond acceptors (Lipinski definition) is 10. The van der Waals surface area contributed by atoms with Crippen LogP contribution in [-0.2, 0) is 47.7 Å². The lowest BCUT2D eigenvalue weighted by atomic mass is 9.72. The Labute approximate surface area is 291 Å². The second-order valence-corrected chi connectivity index (χ2v) is 13.3. The molecule has 17 heteroatoms. The van der Waals surface area contributed by atoms with Crippen LogP contribution in [0.2, 0.25) is 0 Å². The number of ether oxygens (including phenoxy) is 4. The van der Waals surface area contributed by atoms with E-state index in [9.17, 15) is 33.9 Å². The van der Waals surface area contributed by atoms with Crippen molar-refractivity contribution in [1.29, 1.82) is 0 Å². The summed E-state index contributed by atoms with van der Waals surface area (Å²) in [5.41, 5.74) is -0.774. The Bertz CT molecular complexity index is 997. The molecule has 0 radical (unpaired) electrons. The molecule has 48 heavy (non-hydrogen) atoms. The zero-order valence-electron chi connectivity index (χ0n) is 28.7. The molecule has 1 unspecified atom stereocenters. The summed E-state index contributed by atoms with van der Waals surface area (Å²) in [4.78, 5) is 69.7. The van der Waals surface area contributed by atoms with E-state index in [-0.39, 0.29) is 107 Å². The van der Waals surface area contributed by atoms with Crippen LogP contribution in [0, 0.1) is 10.8 Å². The lowest BCUT2D eigenvalue weighted by Gasteiger charge is -2.33. The van der Waals surface area contributed by atoms with Crippen molar-refractivity contribution in [3.8, 4) is 0 Å². The van der Waals surface area contributed by atoms with Crippen LogP contribution in [0.4, 0.5) is 0 Å². The van der Waals surface area contributed by atoms with Crippen LogP contribution >= 0.6 is 15.9 Å². The van der Waals surface area contributed by atoms with Crippen LogP contribution in [0.3, 0.4) is 0 Å². The number of carbonyl (C=O) groups is 6. The molecule has 0 bridgehead atoms. The molecule has 0 fully saturated rings. The molecule has 0 heterocycles. The predicted molar refractivity (Wildman–Crippen MR) is 179 cm³/mol. The van der Waals surface area contributed by atoms with Gasteiger partial charge in [0.05, 0.1) is 51.4 Å². The maximum atomic E-state index is 12.3. The monoisotopic (exact) mass is 754 g/mol. The average molecular weight is 756 g/mol. The van der Waals surface area contributed by atoms with E-state index >= 15 is 0 Å². The van der Waals surface area contributed by atoms with Crippen molar-refractivity contribution in [1.82, 2.24) is 21.3 Å². The maximum absolute atomic E-state index is 12.3. The third-order valence-corrected chi connectivity index (χ3v) is 7.08. The predicted octanol–water partition coefficient (Wildman–Crippen LogP) is 0.843. The van der Waals surface area contributed by atoms with Gasteiger partial charge in [0.1, 0.15) is 19.3 Å². The fourth-order valence-corrected chi connectivity index (χ4v) is 5.11. The summed E-state index contributed by atoms with van der Waals surface area (Å²) in [6.45, 7) is 9.36. The molecule has 0 rings (SSSR count). The van der Waals surface area contributed by atoms with Gasteiger partial charge < -0.3 is 50.4 Å². The molecule has 0 aliphatic heterocycles. The van der Waals surface area contributed by atoms with E-state index in [0.717, 1.165) is 0 Å². The smallest absolute Gasteiger partial charge is 0.326 e. The Morgan fingerprint density at radius 1 is 0.625 bits per heavy atom. The normalized spacial score (nSPS) is 12.2. The zero-order chi connectivity index (χ0) is 36.4. The van der Waals surface area contributed by atoms with E-state index in [0.29, 0.717) is 32.4 Å². The molecule has 0 aromatic carbocycles. The van der Waals surface area contributed by atoms with Crippen molar-refractivity contribution in [3.63, 3.8) is 0 Å². The van der Waals surface area contributed by atoms with Crippen molar-refractivity contribution in [2.75, 3.05) is 77.8 Å². The fraction of sp³-hybridized carbons (Fsp3) is 0.806. The Balaban J connectivity index is 3.77. The molecule has 278 valence electrons. The number of unbranched alkanes of at least 4 members (excludes halogenated alkanes) is 1. The summed E-state index contributed by atoms with van der Waals surface area (Å²) in [7, 11) is 0. The molecule has 0 saturated carbocycles. The molecule has 0 aliphatic rings. The highest BCUT2D eigenvalue weighted by molar-refractivity contribution is 9.09. The van der Waals surface area contributed by atoms with Gasteiger partial charge in [-0.15, -0.1) is 0 Å². The summed E-state index contributed by atoms with van der Waals surface area (Å²) >= 11 is 3.04. The molecule has 0 aliphatic carbocycles. The van der Waals surface area contributed by atoms with Gasteiger partial charge in [-0.3, -0.25) is 24.0 Å². The number of halogens is 1. The molecule has 16 nitrogen and oxygen atoms in total. The summed E-state index contributed by atoms with van der Waals surface area (Å²) in [5, 5.41) is 29.1. The van der Waals surface area contributed by atoms with E-state index in [1.165, 1.54) is 0 Å². The quantitative estimate of drug-likeness (QED) is 0.0443. The van der Waals surface area contributed by atoms with Gasteiger partial charge in [0.2, 0.25) is 23.6 Å². The molecule has 0 spiro atoms. The van der Waals surface area contributed by atoms with Gasteiger partial charge >= 0.3 is 11.9 Å². The van der Waals surface area contributed by atoms with E-state index in [1.807, 2.05) is 27.7 Å². The van der Waals surface area contributed by atoms with E-state index in [4.69, 9.17) is 24.1 Å². The molecule has 6 N–H and O–H groups in total. The van der Waals surface area contributed by atoms with Gasteiger partial charge in [0, 0.05) is 26.1 Å².